The Morgan fingerprint density at radius 3 is 2.95 bits per heavy atom. The van der Waals surface area contributed by atoms with Gasteiger partial charge in [-0.25, -0.2) is 4.98 Å². The number of hydrogen-bond donors (Lipinski definition) is 1. The van der Waals surface area contributed by atoms with Gasteiger partial charge in [-0.1, -0.05) is 12.8 Å². The number of methoxy groups -OCH3 is 1. The van der Waals surface area contributed by atoms with Crippen LogP contribution in [0, 0.1) is 0 Å². The van der Waals surface area contributed by atoms with Gasteiger partial charge in [0.1, 0.15) is 0 Å². The minimum absolute atomic E-state index is 0.242. The molecule has 1 saturated carbocycles. The van der Waals surface area contributed by atoms with Crippen LogP contribution in [0.15, 0.2) is 5.38 Å². The summed E-state index contributed by atoms with van der Waals surface area (Å²) in [7, 11) is 1.40. The summed E-state index contributed by atoms with van der Waals surface area (Å²) in [6, 6.07) is 0. The molecule has 1 fully saturated rings. The molecule has 0 aliphatic heterocycles. The Hall–Kier alpha value is -0.750. The summed E-state index contributed by atoms with van der Waals surface area (Å²) in [6.07, 6.45) is 7.66. The van der Waals surface area contributed by atoms with Gasteiger partial charge < -0.3 is 10.1 Å². The zero-order valence-electron chi connectivity index (χ0n) is 11.4. The lowest BCUT2D eigenvalue weighted by Crippen LogP contribution is -2.29. The molecule has 1 heterocycles. The Morgan fingerprint density at radius 2 is 2.32 bits per heavy atom. The lowest BCUT2D eigenvalue weighted by molar-refractivity contribution is -0.139. The number of carbonyl (C=O) groups is 1. The first kappa shape index (κ1) is 14.7. The highest BCUT2D eigenvalue weighted by atomic mass is 32.2. The molecule has 6 heteroatoms. The third-order valence-corrected chi connectivity index (χ3v) is 5.88. The maximum Gasteiger partial charge on any atom is 0.311 e. The molecule has 0 bridgehead atoms. The molecular formula is C13H20N2O2S2. The van der Waals surface area contributed by atoms with Crippen molar-refractivity contribution in [1.29, 1.82) is 0 Å². The van der Waals surface area contributed by atoms with Crippen LogP contribution in [-0.2, 0) is 16.0 Å². The Morgan fingerprint density at radius 1 is 1.58 bits per heavy atom. The monoisotopic (exact) mass is 300 g/mol. The normalized spacial score (nSPS) is 17.4. The summed E-state index contributed by atoms with van der Waals surface area (Å²) in [6.45, 7) is 0.958. The molecular weight excluding hydrogens is 280 g/mol. The van der Waals surface area contributed by atoms with Crippen LogP contribution in [0.1, 0.15) is 31.4 Å². The highest BCUT2D eigenvalue weighted by Gasteiger charge is 2.32. The SMILES string of the molecule is COC(=O)Cc1csc(NCC2(SC)CCCC2)n1. The second-order valence-corrected chi connectivity index (χ2v) is 6.98. The Kier molecular flexibility index (Phi) is 5.10. The molecule has 0 amide bonds. The largest absolute Gasteiger partial charge is 0.469 e. The molecule has 2 rings (SSSR count). The molecule has 4 nitrogen and oxygen atoms in total. The molecule has 0 aromatic carbocycles. The molecule has 1 aromatic heterocycles. The zero-order chi connectivity index (χ0) is 13.7. The van der Waals surface area contributed by atoms with Crippen molar-refractivity contribution in [2.24, 2.45) is 0 Å². The number of thiazole rings is 1. The van der Waals surface area contributed by atoms with Crippen molar-refractivity contribution in [1.82, 2.24) is 4.98 Å². The predicted octanol–water partition coefficient (Wildman–Crippen LogP) is 2.95. The quantitative estimate of drug-likeness (QED) is 0.819. The van der Waals surface area contributed by atoms with E-state index in [4.69, 9.17) is 0 Å². The summed E-state index contributed by atoms with van der Waals surface area (Å²) >= 11 is 3.52. The molecule has 0 spiro atoms. The third kappa shape index (κ3) is 3.86. The molecule has 0 saturated heterocycles. The topological polar surface area (TPSA) is 51.2 Å². The van der Waals surface area contributed by atoms with Gasteiger partial charge in [-0.3, -0.25) is 4.79 Å². The van der Waals surface area contributed by atoms with E-state index in [1.807, 2.05) is 17.1 Å². The first-order chi connectivity index (χ1) is 9.17. The van der Waals surface area contributed by atoms with E-state index in [0.717, 1.165) is 17.4 Å². The van der Waals surface area contributed by atoms with Gasteiger partial charge in [0, 0.05) is 16.7 Å². The highest BCUT2D eigenvalue weighted by Crippen LogP contribution is 2.40. The molecule has 0 unspecified atom stereocenters. The maximum atomic E-state index is 11.2. The fourth-order valence-corrected chi connectivity index (χ4v) is 4.02. The number of thioether (sulfide) groups is 1. The number of ether oxygens (including phenoxy) is 1. The summed E-state index contributed by atoms with van der Waals surface area (Å²) in [4.78, 5) is 15.6. The number of nitrogens with one attached hydrogen (secondary N) is 1. The van der Waals surface area contributed by atoms with Crippen LogP contribution in [0.4, 0.5) is 5.13 Å². The van der Waals surface area contributed by atoms with Crippen LogP contribution in [0.5, 0.6) is 0 Å². The predicted molar refractivity (Wildman–Crippen MR) is 81.0 cm³/mol. The van der Waals surface area contributed by atoms with Gasteiger partial charge in [0.25, 0.3) is 0 Å². The molecule has 106 valence electrons. The van der Waals surface area contributed by atoms with Crippen molar-refractivity contribution in [2.45, 2.75) is 36.9 Å². The van der Waals surface area contributed by atoms with Crippen LogP contribution >= 0.6 is 23.1 Å². The lowest BCUT2D eigenvalue weighted by atomic mass is 10.1. The molecule has 19 heavy (non-hydrogen) atoms. The van der Waals surface area contributed by atoms with E-state index in [0.29, 0.717) is 4.75 Å². The van der Waals surface area contributed by atoms with E-state index in [-0.39, 0.29) is 12.4 Å². The lowest BCUT2D eigenvalue weighted by Gasteiger charge is -2.26. The van der Waals surface area contributed by atoms with Crippen LogP contribution in [-0.4, -0.2) is 35.6 Å². The van der Waals surface area contributed by atoms with Crippen molar-refractivity contribution < 1.29 is 9.53 Å². The molecule has 1 aromatic rings. The van der Waals surface area contributed by atoms with Gasteiger partial charge in [0.05, 0.1) is 19.2 Å². The number of nitrogens with zero attached hydrogens (tertiary/aromatic N) is 1. The minimum Gasteiger partial charge on any atom is -0.469 e. The van der Waals surface area contributed by atoms with Crippen molar-refractivity contribution in [3.8, 4) is 0 Å². The summed E-state index contributed by atoms with van der Waals surface area (Å²) < 4.78 is 5.01. The van der Waals surface area contributed by atoms with Gasteiger partial charge in [0.15, 0.2) is 5.13 Å². The second kappa shape index (κ2) is 6.61. The standard InChI is InChI=1S/C13H20N2O2S2/c1-17-11(16)7-10-8-19-12(15-10)14-9-13(18-2)5-3-4-6-13/h8H,3-7,9H2,1-2H3,(H,14,15). The maximum absolute atomic E-state index is 11.2. The number of anilines is 1. The molecule has 0 radical (unpaired) electrons. The van der Waals surface area contributed by atoms with Gasteiger partial charge in [-0.15, -0.1) is 11.3 Å². The summed E-state index contributed by atoms with van der Waals surface area (Å²) in [5.74, 6) is -0.242. The fourth-order valence-electron chi connectivity index (χ4n) is 2.40. The smallest absolute Gasteiger partial charge is 0.311 e. The van der Waals surface area contributed by atoms with Crippen molar-refractivity contribution in [2.75, 3.05) is 25.2 Å². The average molecular weight is 300 g/mol. The van der Waals surface area contributed by atoms with Crippen molar-refractivity contribution in [3.05, 3.63) is 11.1 Å². The Labute approximate surface area is 122 Å². The van der Waals surface area contributed by atoms with Crippen LogP contribution in [0.3, 0.4) is 0 Å². The van der Waals surface area contributed by atoms with E-state index in [1.54, 1.807) is 11.3 Å². The molecule has 1 N–H and O–H groups in total. The van der Waals surface area contributed by atoms with E-state index in [9.17, 15) is 4.79 Å². The zero-order valence-corrected chi connectivity index (χ0v) is 13.0. The molecule has 1 aliphatic rings. The van der Waals surface area contributed by atoms with Gasteiger partial charge in [0.2, 0.25) is 0 Å². The van der Waals surface area contributed by atoms with Crippen molar-refractivity contribution in [3.63, 3.8) is 0 Å². The summed E-state index contributed by atoms with van der Waals surface area (Å²) in [5, 5.41) is 6.24. The van der Waals surface area contributed by atoms with Crippen molar-refractivity contribution >= 4 is 34.2 Å². The Balaban J connectivity index is 1.87. The van der Waals surface area contributed by atoms with Crippen LogP contribution in [0.25, 0.3) is 0 Å². The minimum atomic E-state index is -0.242. The van der Waals surface area contributed by atoms with Gasteiger partial charge >= 0.3 is 5.97 Å². The number of hydrogen-bond acceptors (Lipinski definition) is 6. The van der Waals surface area contributed by atoms with E-state index >= 15 is 0 Å². The van der Waals surface area contributed by atoms with Crippen LogP contribution < -0.4 is 5.32 Å². The van der Waals surface area contributed by atoms with E-state index in [1.165, 1.54) is 32.8 Å². The average Bonchev–Trinajstić information content (AvgIpc) is 3.06. The number of carbonyl (C=O) groups excluding carboxylic acids is 1. The van der Waals surface area contributed by atoms with E-state index < -0.39 is 0 Å². The molecule has 0 atom stereocenters. The van der Waals surface area contributed by atoms with Gasteiger partial charge in [-0.2, -0.15) is 11.8 Å². The number of esters is 1. The highest BCUT2D eigenvalue weighted by molar-refractivity contribution is 8.00. The van der Waals surface area contributed by atoms with Crippen LogP contribution in [0.2, 0.25) is 0 Å². The van der Waals surface area contributed by atoms with E-state index in [2.05, 4.69) is 21.3 Å². The first-order valence-corrected chi connectivity index (χ1v) is 8.58. The molecule has 1 aliphatic carbocycles. The first-order valence-electron chi connectivity index (χ1n) is 6.48. The van der Waals surface area contributed by atoms with Gasteiger partial charge in [-0.05, 0) is 19.1 Å². The third-order valence-electron chi connectivity index (χ3n) is 3.61. The summed E-state index contributed by atoms with van der Waals surface area (Å²) in [5.41, 5.74) is 0.781. The number of aromatic nitrogens is 1. The fraction of sp³-hybridized carbons (Fsp3) is 0.692. The Bertz CT molecular complexity index is 428. The second-order valence-electron chi connectivity index (χ2n) is 4.84. The number of rotatable bonds is 6.